The maximum Gasteiger partial charge on any atom is 0.337 e. The lowest BCUT2D eigenvalue weighted by molar-refractivity contribution is 0.0696. The fraction of sp³-hybridized carbons (Fsp3) is 0.125. The molecule has 5 heteroatoms. The number of nitrogens with two attached hydrogens (primary N) is 1. The Labute approximate surface area is 79.9 Å². The highest BCUT2D eigenvalue weighted by Gasteiger charge is 2.12. The molecule has 0 aromatic heterocycles. The third-order valence-electron chi connectivity index (χ3n) is 1.55. The Morgan fingerprint density at radius 1 is 1.62 bits per heavy atom. The number of nitrogen functional groups attached to an aromatic ring is 1. The van der Waals surface area contributed by atoms with Crippen LogP contribution >= 0.6 is 11.6 Å². The van der Waals surface area contributed by atoms with Gasteiger partial charge in [-0.05, 0) is 12.1 Å². The average Bonchev–Trinajstić information content (AvgIpc) is 2.03. The topological polar surface area (TPSA) is 72.5 Å². The Morgan fingerprint density at radius 3 is 2.69 bits per heavy atom. The summed E-state index contributed by atoms with van der Waals surface area (Å²) in [5.41, 5.74) is 5.80. The molecule has 0 aliphatic carbocycles. The van der Waals surface area contributed by atoms with Gasteiger partial charge in [0.15, 0.2) is 0 Å². The second kappa shape index (κ2) is 3.53. The molecule has 0 aliphatic heterocycles. The van der Waals surface area contributed by atoms with Gasteiger partial charge in [0.1, 0.15) is 5.75 Å². The number of hydrogen-bond donors (Lipinski definition) is 2. The predicted molar refractivity (Wildman–Crippen MR) is 49.4 cm³/mol. The summed E-state index contributed by atoms with van der Waals surface area (Å²) in [5, 5.41) is 8.80. The predicted octanol–water partition coefficient (Wildman–Crippen LogP) is 1.63. The number of methoxy groups -OCH3 is 1. The first-order valence-corrected chi connectivity index (χ1v) is 3.80. The molecule has 13 heavy (non-hydrogen) atoms. The van der Waals surface area contributed by atoms with Crippen LogP contribution in [0.15, 0.2) is 12.1 Å². The zero-order chi connectivity index (χ0) is 10.0. The fourth-order valence-electron chi connectivity index (χ4n) is 0.909. The number of anilines is 1. The quantitative estimate of drug-likeness (QED) is 0.714. The number of aromatic carboxylic acids is 1. The molecule has 1 aromatic carbocycles. The van der Waals surface area contributed by atoms with Crippen LogP contribution in [0.1, 0.15) is 10.4 Å². The van der Waals surface area contributed by atoms with Crippen molar-refractivity contribution in [2.75, 3.05) is 12.8 Å². The number of hydrogen-bond acceptors (Lipinski definition) is 3. The lowest BCUT2D eigenvalue weighted by Crippen LogP contribution is -2.00. The van der Waals surface area contributed by atoms with Crippen LogP contribution in [0.5, 0.6) is 5.75 Å². The van der Waals surface area contributed by atoms with Crippen LogP contribution in [0.3, 0.4) is 0 Å². The van der Waals surface area contributed by atoms with Crippen LogP contribution < -0.4 is 10.5 Å². The lowest BCUT2D eigenvalue weighted by Gasteiger charge is -2.06. The molecule has 0 fully saturated rings. The van der Waals surface area contributed by atoms with Crippen LogP contribution in [0.2, 0.25) is 5.02 Å². The Balaban J connectivity index is 3.30. The van der Waals surface area contributed by atoms with E-state index in [-0.39, 0.29) is 10.6 Å². The van der Waals surface area contributed by atoms with Crippen molar-refractivity contribution in [3.63, 3.8) is 0 Å². The third kappa shape index (κ3) is 1.84. The van der Waals surface area contributed by atoms with E-state index in [1.54, 1.807) is 0 Å². The molecule has 70 valence electrons. The SMILES string of the molecule is COc1cc(C(=O)O)c(Cl)cc1N. The number of carbonyl (C=O) groups is 1. The molecule has 0 amide bonds. The first-order chi connectivity index (χ1) is 6.06. The van der Waals surface area contributed by atoms with Gasteiger partial charge in [0.25, 0.3) is 0 Å². The van der Waals surface area contributed by atoms with Crippen molar-refractivity contribution in [1.82, 2.24) is 0 Å². The lowest BCUT2D eigenvalue weighted by atomic mass is 10.2. The van der Waals surface area contributed by atoms with E-state index in [2.05, 4.69) is 0 Å². The van der Waals surface area contributed by atoms with E-state index >= 15 is 0 Å². The Morgan fingerprint density at radius 2 is 2.23 bits per heavy atom. The van der Waals surface area contributed by atoms with Gasteiger partial charge in [-0.25, -0.2) is 4.79 Å². The number of ether oxygens (including phenoxy) is 1. The number of benzene rings is 1. The maximum absolute atomic E-state index is 10.6. The molecule has 0 bridgehead atoms. The van der Waals surface area contributed by atoms with Gasteiger partial charge < -0.3 is 15.6 Å². The summed E-state index contributed by atoms with van der Waals surface area (Å²) in [4.78, 5) is 10.6. The van der Waals surface area contributed by atoms with Crippen molar-refractivity contribution in [3.8, 4) is 5.75 Å². The van der Waals surface area contributed by atoms with Crippen molar-refractivity contribution in [3.05, 3.63) is 22.7 Å². The van der Waals surface area contributed by atoms with Crippen molar-refractivity contribution < 1.29 is 14.6 Å². The molecular formula is C8H8ClNO3. The highest BCUT2D eigenvalue weighted by molar-refractivity contribution is 6.33. The van der Waals surface area contributed by atoms with Crippen molar-refractivity contribution in [2.24, 2.45) is 0 Å². The Bertz CT molecular complexity index is 351. The van der Waals surface area contributed by atoms with Gasteiger partial charge in [0.05, 0.1) is 23.4 Å². The molecule has 0 saturated heterocycles. The molecule has 4 nitrogen and oxygen atoms in total. The zero-order valence-corrected chi connectivity index (χ0v) is 7.63. The standard InChI is InChI=1S/C8H8ClNO3/c1-13-7-2-4(8(11)12)5(9)3-6(7)10/h2-3H,10H2,1H3,(H,11,12). The van der Waals surface area contributed by atoms with Crippen LogP contribution in [-0.2, 0) is 0 Å². The second-order valence-electron chi connectivity index (χ2n) is 2.38. The van der Waals surface area contributed by atoms with Gasteiger partial charge in [-0.2, -0.15) is 0 Å². The fourth-order valence-corrected chi connectivity index (χ4v) is 1.16. The number of rotatable bonds is 2. The van der Waals surface area contributed by atoms with Crippen LogP contribution in [0.25, 0.3) is 0 Å². The van der Waals surface area contributed by atoms with Gasteiger partial charge in [0.2, 0.25) is 0 Å². The highest BCUT2D eigenvalue weighted by atomic mass is 35.5. The van der Waals surface area contributed by atoms with Crippen LogP contribution in [0.4, 0.5) is 5.69 Å². The van der Waals surface area contributed by atoms with E-state index in [4.69, 9.17) is 27.2 Å². The Kier molecular flexibility index (Phi) is 2.63. The summed E-state index contributed by atoms with van der Waals surface area (Å²) < 4.78 is 4.84. The van der Waals surface area contributed by atoms with Gasteiger partial charge >= 0.3 is 5.97 Å². The summed E-state index contributed by atoms with van der Waals surface area (Å²) in [5.74, 6) is -0.801. The minimum absolute atomic E-state index is 0.0206. The largest absolute Gasteiger partial charge is 0.495 e. The first-order valence-electron chi connectivity index (χ1n) is 3.42. The molecule has 0 atom stereocenters. The van der Waals surface area contributed by atoms with Gasteiger partial charge in [-0.15, -0.1) is 0 Å². The molecule has 1 aromatic rings. The van der Waals surface area contributed by atoms with E-state index in [9.17, 15) is 4.79 Å². The smallest absolute Gasteiger partial charge is 0.337 e. The van der Waals surface area contributed by atoms with Crippen LogP contribution in [-0.4, -0.2) is 18.2 Å². The summed E-state index contributed by atoms with van der Waals surface area (Å²) in [6.07, 6.45) is 0. The molecule has 0 aliphatic rings. The van der Waals surface area contributed by atoms with E-state index in [0.29, 0.717) is 11.4 Å². The van der Waals surface area contributed by atoms with E-state index in [1.165, 1.54) is 19.2 Å². The molecule has 1 rings (SSSR count). The zero-order valence-electron chi connectivity index (χ0n) is 6.87. The number of carboxylic acids is 1. The number of carboxylic acid groups (broad SMARTS) is 1. The summed E-state index contributed by atoms with van der Waals surface area (Å²) in [6, 6.07) is 2.64. The summed E-state index contributed by atoms with van der Waals surface area (Å²) in [6.45, 7) is 0. The second-order valence-corrected chi connectivity index (χ2v) is 2.79. The molecule has 0 radical (unpaired) electrons. The normalized spacial score (nSPS) is 9.69. The van der Waals surface area contributed by atoms with Gasteiger partial charge in [-0.3, -0.25) is 0 Å². The minimum atomic E-state index is -1.11. The maximum atomic E-state index is 10.6. The van der Waals surface area contributed by atoms with Crippen molar-refractivity contribution >= 4 is 23.3 Å². The summed E-state index contributed by atoms with van der Waals surface area (Å²) >= 11 is 5.64. The minimum Gasteiger partial charge on any atom is -0.495 e. The van der Waals surface area contributed by atoms with Crippen molar-refractivity contribution in [1.29, 1.82) is 0 Å². The van der Waals surface area contributed by atoms with E-state index < -0.39 is 5.97 Å². The van der Waals surface area contributed by atoms with E-state index in [0.717, 1.165) is 0 Å². The molecule has 0 heterocycles. The van der Waals surface area contributed by atoms with Gasteiger partial charge in [-0.1, -0.05) is 11.6 Å². The Hall–Kier alpha value is -1.42. The third-order valence-corrected chi connectivity index (χ3v) is 1.86. The molecule has 0 spiro atoms. The average molecular weight is 202 g/mol. The first kappa shape index (κ1) is 9.67. The molecule has 3 N–H and O–H groups in total. The molecule has 0 saturated carbocycles. The number of halogens is 1. The summed E-state index contributed by atoms with van der Waals surface area (Å²) in [7, 11) is 1.41. The highest BCUT2D eigenvalue weighted by Crippen LogP contribution is 2.28. The molecule has 0 unspecified atom stereocenters. The van der Waals surface area contributed by atoms with Crippen LogP contribution in [0, 0.1) is 0 Å². The van der Waals surface area contributed by atoms with E-state index in [1.807, 2.05) is 0 Å². The van der Waals surface area contributed by atoms with Gasteiger partial charge in [0, 0.05) is 0 Å². The monoisotopic (exact) mass is 201 g/mol. The molecular weight excluding hydrogens is 194 g/mol. The van der Waals surface area contributed by atoms with Crippen molar-refractivity contribution in [2.45, 2.75) is 0 Å².